The Bertz CT molecular complexity index is 1340. The molecule has 2 heterocycles. The minimum absolute atomic E-state index is 0.159. The van der Waals surface area contributed by atoms with Crippen LogP contribution in [0, 0.1) is 5.92 Å². The summed E-state index contributed by atoms with van der Waals surface area (Å²) >= 11 is 0. The van der Waals surface area contributed by atoms with Gasteiger partial charge in [0.2, 0.25) is 29.5 Å². The normalized spacial score (nSPS) is 18.3. The second-order valence-corrected chi connectivity index (χ2v) is 14.8. The lowest BCUT2D eigenvalue weighted by molar-refractivity contribution is -0.144. The molecule has 0 aromatic heterocycles. The van der Waals surface area contributed by atoms with E-state index in [1.807, 2.05) is 0 Å². The first kappa shape index (κ1) is 47.7. The molecule has 2 fully saturated rings. The number of rotatable bonds is 19. The molecule has 1 atom stereocenters. The smallest absolute Gasteiger partial charge is 0.317 e. The summed E-state index contributed by atoms with van der Waals surface area (Å²) in [5.41, 5.74) is 0. The van der Waals surface area contributed by atoms with Gasteiger partial charge in [0.25, 0.3) is 0 Å². The third-order valence-electron chi connectivity index (χ3n) is 9.82. The van der Waals surface area contributed by atoms with E-state index in [-0.39, 0.29) is 111 Å². The maximum absolute atomic E-state index is 13.3. The summed E-state index contributed by atoms with van der Waals surface area (Å²) in [4.78, 5) is 113. The molecule has 4 N–H and O–H groups in total. The van der Waals surface area contributed by atoms with Crippen LogP contribution in [0.3, 0.4) is 0 Å². The number of carbonyl (C=O) groups is 8. The molecule has 318 valence electrons. The van der Waals surface area contributed by atoms with E-state index in [1.165, 1.54) is 38.0 Å². The molecule has 2 saturated heterocycles. The van der Waals surface area contributed by atoms with E-state index in [4.69, 9.17) is 0 Å². The zero-order valence-electron chi connectivity index (χ0n) is 33.6. The number of amides is 5. The standard InChI is InChI=1S/C35H62N10O11/c1-27-6-8-41(18-27)9-7-36-28(46)19-37(2)29(47)20-38(3)30(48)21-39(4)31(49)22-40(5)32(50)23-42-10-12-43(24-33(51)52)14-16-45(26-35(55)56)17-15-44(13-11-42)25-34(53)54/h27H,6-26H2,1-5H3,(H,36,46)(H,51,52)(H,53,54)(H,55,56). The van der Waals surface area contributed by atoms with Crippen molar-refractivity contribution in [2.75, 3.05) is 159 Å². The van der Waals surface area contributed by atoms with Gasteiger partial charge in [0, 0.05) is 100 Å². The highest BCUT2D eigenvalue weighted by atomic mass is 16.4. The van der Waals surface area contributed by atoms with Crippen LogP contribution in [-0.4, -0.2) is 266 Å². The summed E-state index contributed by atoms with van der Waals surface area (Å²) in [6.45, 7) is 5.02. The summed E-state index contributed by atoms with van der Waals surface area (Å²) in [5.74, 6) is -4.81. The van der Waals surface area contributed by atoms with Crippen molar-refractivity contribution in [2.45, 2.75) is 13.3 Å². The van der Waals surface area contributed by atoms with Crippen LogP contribution in [0.25, 0.3) is 0 Å². The van der Waals surface area contributed by atoms with Gasteiger partial charge in [0.05, 0.1) is 52.4 Å². The van der Waals surface area contributed by atoms with Crippen LogP contribution >= 0.6 is 0 Å². The summed E-state index contributed by atoms with van der Waals surface area (Å²) in [6, 6.07) is 0. The first-order valence-corrected chi connectivity index (χ1v) is 18.8. The fraction of sp³-hybridized carbons (Fsp3) is 0.771. The Morgan fingerprint density at radius 3 is 1.18 bits per heavy atom. The van der Waals surface area contributed by atoms with Gasteiger partial charge in [0.15, 0.2) is 0 Å². The van der Waals surface area contributed by atoms with E-state index in [2.05, 4.69) is 17.1 Å². The van der Waals surface area contributed by atoms with Crippen molar-refractivity contribution >= 4 is 47.4 Å². The zero-order valence-corrected chi connectivity index (χ0v) is 33.6. The molecule has 56 heavy (non-hydrogen) atoms. The molecule has 1 unspecified atom stereocenters. The molecule has 0 spiro atoms. The molecule has 2 aliphatic rings. The van der Waals surface area contributed by atoms with Gasteiger partial charge in [-0.1, -0.05) is 6.92 Å². The summed E-state index contributed by atoms with van der Waals surface area (Å²) < 4.78 is 0. The van der Waals surface area contributed by atoms with Crippen molar-refractivity contribution in [3.63, 3.8) is 0 Å². The first-order valence-electron chi connectivity index (χ1n) is 18.8. The van der Waals surface area contributed by atoms with Crippen LogP contribution in [0.2, 0.25) is 0 Å². The van der Waals surface area contributed by atoms with E-state index in [0.717, 1.165) is 35.9 Å². The Kier molecular flexibility index (Phi) is 20.7. The summed E-state index contributed by atoms with van der Waals surface area (Å²) in [5, 5.41) is 31.1. The van der Waals surface area contributed by atoms with E-state index in [1.54, 1.807) is 19.6 Å². The van der Waals surface area contributed by atoms with Crippen LogP contribution < -0.4 is 5.32 Å². The van der Waals surface area contributed by atoms with Gasteiger partial charge in [-0.3, -0.25) is 58.0 Å². The molecule has 21 heteroatoms. The molecule has 0 aromatic rings. The van der Waals surface area contributed by atoms with Crippen molar-refractivity contribution in [3.05, 3.63) is 0 Å². The van der Waals surface area contributed by atoms with Gasteiger partial charge in [0.1, 0.15) is 0 Å². The monoisotopic (exact) mass is 798 g/mol. The van der Waals surface area contributed by atoms with Crippen LogP contribution in [0.15, 0.2) is 0 Å². The maximum Gasteiger partial charge on any atom is 0.317 e. The van der Waals surface area contributed by atoms with Gasteiger partial charge in [-0.2, -0.15) is 0 Å². The quantitative estimate of drug-likeness (QED) is 0.0968. The predicted octanol–water partition coefficient (Wildman–Crippen LogP) is -4.25. The van der Waals surface area contributed by atoms with Gasteiger partial charge in [-0.25, -0.2) is 0 Å². The van der Waals surface area contributed by atoms with Crippen molar-refractivity contribution < 1.29 is 53.7 Å². The summed E-state index contributed by atoms with van der Waals surface area (Å²) in [7, 11) is 5.72. The van der Waals surface area contributed by atoms with Crippen LogP contribution in [0.5, 0.6) is 0 Å². The fourth-order valence-corrected chi connectivity index (χ4v) is 6.27. The lowest BCUT2D eigenvalue weighted by atomic mass is 10.2. The molecule has 0 saturated carbocycles. The number of nitrogens with one attached hydrogen (secondary N) is 1. The van der Waals surface area contributed by atoms with Crippen molar-refractivity contribution in [3.8, 4) is 0 Å². The van der Waals surface area contributed by atoms with Crippen molar-refractivity contribution in [1.82, 2.24) is 49.4 Å². The molecular weight excluding hydrogens is 736 g/mol. The number of nitrogens with zero attached hydrogens (tertiary/aromatic N) is 9. The molecule has 21 nitrogen and oxygen atoms in total. The van der Waals surface area contributed by atoms with Crippen molar-refractivity contribution in [1.29, 1.82) is 0 Å². The Hall–Kier alpha value is -4.44. The molecule has 0 aromatic carbocycles. The second kappa shape index (κ2) is 24.3. The highest BCUT2D eigenvalue weighted by Gasteiger charge is 2.25. The topological polar surface area (TPSA) is 238 Å². The minimum Gasteiger partial charge on any atom is -0.480 e. The SMILES string of the molecule is CC1CCN(CCNC(=O)CN(C)C(=O)CN(C)C(=O)CN(C)C(=O)CN(C)C(=O)CN2CCN(CC(=O)O)CCN(CC(=O)O)CCN(CC(=O)O)CC2)C1. The third kappa shape index (κ3) is 18.9. The number of carbonyl (C=O) groups excluding carboxylic acids is 5. The third-order valence-corrected chi connectivity index (χ3v) is 9.82. The zero-order chi connectivity index (χ0) is 41.9. The molecule has 2 rings (SSSR count). The average molecular weight is 799 g/mol. The molecular formula is C35H62N10O11. The van der Waals surface area contributed by atoms with E-state index in [9.17, 15) is 53.7 Å². The van der Waals surface area contributed by atoms with Gasteiger partial charge in [-0.15, -0.1) is 0 Å². The fourth-order valence-electron chi connectivity index (χ4n) is 6.27. The van der Waals surface area contributed by atoms with Crippen LogP contribution in [-0.2, 0) is 38.4 Å². The van der Waals surface area contributed by atoms with Gasteiger partial charge in [-0.05, 0) is 18.9 Å². The number of aliphatic carboxylic acids is 3. The van der Waals surface area contributed by atoms with Gasteiger partial charge >= 0.3 is 17.9 Å². The molecule has 2 aliphatic heterocycles. The summed E-state index contributed by atoms with van der Waals surface area (Å²) in [6.07, 6.45) is 1.14. The largest absolute Gasteiger partial charge is 0.480 e. The molecule has 0 bridgehead atoms. The van der Waals surface area contributed by atoms with E-state index in [0.29, 0.717) is 12.5 Å². The van der Waals surface area contributed by atoms with Crippen LogP contribution in [0.1, 0.15) is 13.3 Å². The minimum atomic E-state index is -1.07. The van der Waals surface area contributed by atoms with E-state index < -0.39 is 41.5 Å². The van der Waals surface area contributed by atoms with E-state index >= 15 is 0 Å². The maximum atomic E-state index is 13.3. The Morgan fingerprint density at radius 2 is 0.839 bits per heavy atom. The number of hydrogen-bond donors (Lipinski definition) is 4. The van der Waals surface area contributed by atoms with Crippen molar-refractivity contribution in [2.24, 2.45) is 5.92 Å². The van der Waals surface area contributed by atoms with Crippen LogP contribution in [0.4, 0.5) is 0 Å². The lowest BCUT2D eigenvalue weighted by Gasteiger charge is -2.33. The number of hydrogen-bond acceptors (Lipinski definition) is 13. The number of likely N-dealkylation sites (N-methyl/N-ethyl adjacent to an activating group) is 4. The number of carboxylic acid groups (broad SMARTS) is 3. The molecule has 0 radical (unpaired) electrons. The average Bonchev–Trinajstić information content (AvgIpc) is 3.52. The number of likely N-dealkylation sites (tertiary alicyclic amines) is 1. The second-order valence-electron chi connectivity index (χ2n) is 14.8. The Morgan fingerprint density at radius 1 is 0.500 bits per heavy atom. The highest BCUT2D eigenvalue weighted by Crippen LogP contribution is 2.13. The Balaban J connectivity index is 1.90. The lowest BCUT2D eigenvalue weighted by Crippen LogP contribution is -2.50. The predicted molar refractivity (Wildman–Crippen MR) is 202 cm³/mol. The highest BCUT2D eigenvalue weighted by molar-refractivity contribution is 5.91. The number of carboxylic acids is 3. The van der Waals surface area contributed by atoms with Gasteiger partial charge < -0.3 is 45.1 Å². The first-order chi connectivity index (χ1) is 26.3. The Labute approximate surface area is 328 Å². The molecule has 0 aliphatic carbocycles. The molecule has 5 amide bonds.